The monoisotopic (exact) mass is 326 g/mol. The fraction of sp³-hybridized carbons (Fsp3) is 0.286. The standard InChI is InChI=1S/C14H12Cl2N2OS/c15-10-3-2-9(6-11(10)16)18-14(19)8-1-4-12-13(5-8)20-7-17-12/h2-3,6-8H,1,4-5H2,(H,18,19). The Balaban J connectivity index is 1.69. The van der Waals surface area contributed by atoms with Crippen LogP contribution in [0.5, 0.6) is 0 Å². The molecular weight excluding hydrogens is 315 g/mol. The summed E-state index contributed by atoms with van der Waals surface area (Å²) in [6, 6.07) is 5.11. The van der Waals surface area contributed by atoms with Gasteiger partial charge in [-0.15, -0.1) is 11.3 Å². The van der Waals surface area contributed by atoms with E-state index in [1.165, 1.54) is 4.88 Å². The lowest BCUT2D eigenvalue weighted by molar-refractivity contribution is -0.120. The Morgan fingerprint density at radius 2 is 2.20 bits per heavy atom. The minimum absolute atomic E-state index is 0.00240. The van der Waals surface area contributed by atoms with Gasteiger partial charge in [0.25, 0.3) is 0 Å². The predicted molar refractivity (Wildman–Crippen MR) is 82.7 cm³/mol. The molecule has 0 saturated carbocycles. The number of hydrogen-bond acceptors (Lipinski definition) is 3. The molecule has 1 N–H and O–H groups in total. The van der Waals surface area contributed by atoms with Gasteiger partial charge in [0, 0.05) is 16.5 Å². The number of amides is 1. The Morgan fingerprint density at radius 3 is 3.00 bits per heavy atom. The number of carbonyl (C=O) groups excluding carboxylic acids is 1. The van der Waals surface area contributed by atoms with Gasteiger partial charge in [-0.1, -0.05) is 23.2 Å². The third kappa shape index (κ3) is 2.82. The van der Waals surface area contributed by atoms with Gasteiger partial charge in [-0.05, 0) is 37.5 Å². The maximum atomic E-state index is 12.3. The van der Waals surface area contributed by atoms with Crippen LogP contribution in [0.2, 0.25) is 10.0 Å². The number of benzene rings is 1. The fourth-order valence-electron chi connectivity index (χ4n) is 2.34. The van der Waals surface area contributed by atoms with Crippen LogP contribution in [-0.4, -0.2) is 10.9 Å². The van der Waals surface area contributed by atoms with Gasteiger partial charge in [-0.2, -0.15) is 0 Å². The van der Waals surface area contributed by atoms with Crippen molar-refractivity contribution in [2.75, 3.05) is 5.32 Å². The van der Waals surface area contributed by atoms with Crippen LogP contribution >= 0.6 is 34.5 Å². The summed E-state index contributed by atoms with van der Waals surface area (Å²) in [4.78, 5) is 17.8. The zero-order valence-electron chi connectivity index (χ0n) is 10.5. The number of halogens is 2. The average molecular weight is 327 g/mol. The van der Waals surface area contributed by atoms with E-state index in [0.717, 1.165) is 25.0 Å². The highest BCUT2D eigenvalue weighted by atomic mass is 35.5. The number of nitrogens with one attached hydrogen (secondary N) is 1. The number of thiazole rings is 1. The Kier molecular flexibility index (Phi) is 3.96. The maximum Gasteiger partial charge on any atom is 0.227 e. The first-order valence-electron chi connectivity index (χ1n) is 6.30. The second kappa shape index (κ2) is 5.72. The van der Waals surface area contributed by atoms with Crippen LogP contribution < -0.4 is 5.32 Å². The summed E-state index contributed by atoms with van der Waals surface area (Å²) in [5.41, 5.74) is 3.68. The van der Waals surface area contributed by atoms with Gasteiger partial charge in [0.05, 0.1) is 21.2 Å². The van der Waals surface area contributed by atoms with E-state index >= 15 is 0 Å². The van der Waals surface area contributed by atoms with Crippen LogP contribution in [0.15, 0.2) is 23.7 Å². The third-order valence-corrected chi connectivity index (χ3v) is 5.08. The highest BCUT2D eigenvalue weighted by molar-refractivity contribution is 7.09. The van der Waals surface area contributed by atoms with Gasteiger partial charge in [-0.3, -0.25) is 4.79 Å². The maximum absolute atomic E-state index is 12.3. The molecule has 3 nitrogen and oxygen atoms in total. The zero-order chi connectivity index (χ0) is 14.1. The first-order valence-corrected chi connectivity index (χ1v) is 7.94. The van der Waals surface area contributed by atoms with Crippen LogP contribution in [0.4, 0.5) is 5.69 Å². The summed E-state index contributed by atoms with van der Waals surface area (Å²) in [5.74, 6) is 0.0276. The molecule has 20 heavy (non-hydrogen) atoms. The van der Waals surface area contributed by atoms with Crippen molar-refractivity contribution in [1.82, 2.24) is 4.98 Å². The van der Waals surface area contributed by atoms with E-state index in [1.54, 1.807) is 29.5 Å². The number of nitrogens with zero attached hydrogens (tertiary/aromatic N) is 1. The highest BCUT2D eigenvalue weighted by Gasteiger charge is 2.26. The molecule has 1 aliphatic carbocycles. The molecule has 1 aliphatic rings. The summed E-state index contributed by atoms with van der Waals surface area (Å²) >= 11 is 13.4. The first kappa shape index (κ1) is 13.9. The fourth-order valence-corrected chi connectivity index (χ4v) is 3.54. The molecule has 0 spiro atoms. The molecule has 1 amide bonds. The molecular formula is C14H12Cl2N2OS. The second-order valence-corrected chi connectivity index (χ2v) is 6.53. The molecule has 1 unspecified atom stereocenters. The number of anilines is 1. The van der Waals surface area contributed by atoms with Crippen molar-refractivity contribution >= 4 is 46.1 Å². The SMILES string of the molecule is O=C(Nc1ccc(Cl)c(Cl)c1)C1CCc2ncsc2C1. The first-order chi connectivity index (χ1) is 9.63. The number of hydrogen-bond donors (Lipinski definition) is 1. The molecule has 2 aromatic rings. The largest absolute Gasteiger partial charge is 0.326 e. The van der Waals surface area contributed by atoms with E-state index in [-0.39, 0.29) is 11.8 Å². The van der Waals surface area contributed by atoms with Crippen molar-refractivity contribution in [3.05, 3.63) is 44.3 Å². The van der Waals surface area contributed by atoms with Crippen LogP contribution in [-0.2, 0) is 17.6 Å². The number of carbonyl (C=O) groups is 1. The van der Waals surface area contributed by atoms with Crippen LogP contribution in [0.3, 0.4) is 0 Å². The predicted octanol–water partition coefficient (Wildman–Crippen LogP) is 4.19. The van der Waals surface area contributed by atoms with Crippen molar-refractivity contribution in [3.8, 4) is 0 Å². The van der Waals surface area contributed by atoms with E-state index < -0.39 is 0 Å². The topological polar surface area (TPSA) is 42.0 Å². The molecule has 3 rings (SSSR count). The quantitative estimate of drug-likeness (QED) is 0.898. The Labute approximate surface area is 130 Å². The average Bonchev–Trinajstić information content (AvgIpc) is 2.90. The molecule has 0 saturated heterocycles. The third-order valence-electron chi connectivity index (χ3n) is 3.44. The van der Waals surface area contributed by atoms with E-state index in [4.69, 9.17) is 23.2 Å². The second-order valence-electron chi connectivity index (χ2n) is 4.78. The number of aromatic nitrogens is 1. The van der Waals surface area contributed by atoms with E-state index in [0.29, 0.717) is 15.7 Å². The van der Waals surface area contributed by atoms with Crippen LogP contribution in [0.25, 0.3) is 0 Å². The molecule has 0 radical (unpaired) electrons. The number of fused-ring (bicyclic) bond motifs is 1. The lowest BCUT2D eigenvalue weighted by Gasteiger charge is -2.20. The molecule has 0 fully saturated rings. The number of rotatable bonds is 2. The van der Waals surface area contributed by atoms with Gasteiger partial charge in [-0.25, -0.2) is 4.98 Å². The molecule has 1 aromatic heterocycles. The van der Waals surface area contributed by atoms with Crippen molar-refractivity contribution in [3.63, 3.8) is 0 Å². The van der Waals surface area contributed by atoms with Gasteiger partial charge in [0.1, 0.15) is 0 Å². The van der Waals surface area contributed by atoms with Crippen molar-refractivity contribution in [1.29, 1.82) is 0 Å². The minimum Gasteiger partial charge on any atom is -0.326 e. The molecule has 0 bridgehead atoms. The highest BCUT2D eigenvalue weighted by Crippen LogP contribution is 2.29. The zero-order valence-corrected chi connectivity index (χ0v) is 12.9. The van der Waals surface area contributed by atoms with E-state index in [2.05, 4.69) is 10.3 Å². The summed E-state index contributed by atoms with van der Waals surface area (Å²) in [6.45, 7) is 0. The number of aryl methyl sites for hydroxylation is 1. The van der Waals surface area contributed by atoms with Crippen molar-refractivity contribution in [2.45, 2.75) is 19.3 Å². The minimum atomic E-state index is -0.00240. The molecule has 0 aliphatic heterocycles. The molecule has 6 heteroatoms. The van der Waals surface area contributed by atoms with Crippen molar-refractivity contribution < 1.29 is 4.79 Å². The molecule has 1 atom stereocenters. The van der Waals surface area contributed by atoms with Crippen molar-refractivity contribution in [2.24, 2.45) is 5.92 Å². The molecule has 1 aromatic carbocycles. The van der Waals surface area contributed by atoms with Gasteiger partial charge >= 0.3 is 0 Å². The summed E-state index contributed by atoms with van der Waals surface area (Å²) < 4.78 is 0. The van der Waals surface area contributed by atoms with E-state index in [9.17, 15) is 4.79 Å². The summed E-state index contributed by atoms with van der Waals surface area (Å²) in [7, 11) is 0. The molecule has 1 heterocycles. The smallest absolute Gasteiger partial charge is 0.227 e. The summed E-state index contributed by atoms with van der Waals surface area (Å²) in [6.07, 6.45) is 2.48. The Hall–Kier alpha value is -1.10. The van der Waals surface area contributed by atoms with Crippen LogP contribution in [0, 0.1) is 5.92 Å². The Bertz CT molecular complexity index is 656. The van der Waals surface area contributed by atoms with Crippen LogP contribution in [0.1, 0.15) is 17.0 Å². The lowest BCUT2D eigenvalue weighted by atomic mass is 9.90. The Morgan fingerprint density at radius 1 is 1.35 bits per heavy atom. The van der Waals surface area contributed by atoms with Gasteiger partial charge in [0.2, 0.25) is 5.91 Å². The van der Waals surface area contributed by atoms with E-state index in [1.807, 2.05) is 5.51 Å². The van der Waals surface area contributed by atoms with Gasteiger partial charge in [0.15, 0.2) is 0 Å². The van der Waals surface area contributed by atoms with Gasteiger partial charge < -0.3 is 5.32 Å². The lowest BCUT2D eigenvalue weighted by Crippen LogP contribution is -2.27. The summed E-state index contributed by atoms with van der Waals surface area (Å²) in [5, 5.41) is 3.83. The normalized spacial score (nSPS) is 17.6. The molecule has 104 valence electrons.